The molecule has 0 saturated heterocycles. The molecule has 1 fully saturated rings. The van der Waals surface area contributed by atoms with Gasteiger partial charge in [0.2, 0.25) is 0 Å². The standard InChI is InChI=1S/C14H21N3S/c1-17(9-6-13-3-2-10-18-13)12-4-7-14(16,11-15)8-5-12/h2-3,10,12H,4-9,16H2,1H3. The number of rotatable bonds is 4. The van der Waals surface area contributed by atoms with E-state index in [2.05, 4.69) is 35.5 Å². The fraction of sp³-hybridized carbons (Fsp3) is 0.643. The van der Waals surface area contributed by atoms with E-state index >= 15 is 0 Å². The monoisotopic (exact) mass is 263 g/mol. The first-order chi connectivity index (χ1) is 8.63. The molecule has 18 heavy (non-hydrogen) atoms. The second-order valence-corrected chi connectivity index (χ2v) is 6.34. The Morgan fingerprint density at radius 3 is 2.83 bits per heavy atom. The van der Waals surface area contributed by atoms with Gasteiger partial charge in [0.25, 0.3) is 0 Å². The van der Waals surface area contributed by atoms with E-state index in [0.717, 1.165) is 38.6 Å². The first-order valence-corrected chi connectivity index (χ1v) is 7.44. The molecular weight excluding hydrogens is 242 g/mol. The zero-order valence-electron chi connectivity index (χ0n) is 10.9. The van der Waals surface area contributed by atoms with Crippen molar-refractivity contribution in [1.29, 1.82) is 5.26 Å². The lowest BCUT2D eigenvalue weighted by Crippen LogP contribution is -2.47. The normalized spacial score (nSPS) is 28.2. The summed E-state index contributed by atoms with van der Waals surface area (Å²) < 4.78 is 0. The fourth-order valence-corrected chi connectivity index (χ4v) is 3.29. The van der Waals surface area contributed by atoms with Crippen LogP contribution in [0.1, 0.15) is 30.6 Å². The Bertz CT molecular complexity index is 399. The van der Waals surface area contributed by atoms with Crippen LogP contribution < -0.4 is 5.73 Å². The first kappa shape index (κ1) is 13.5. The van der Waals surface area contributed by atoms with E-state index in [1.807, 2.05) is 11.3 Å². The molecule has 1 aliphatic rings. The highest BCUT2D eigenvalue weighted by molar-refractivity contribution is 7.09. The minimum absolute atomic E-state index is 0.564. The Morgan fingerprint density at radius 2 is 2.28 bits per heavy atom. The van der Waals surface area contributed by atoms with E-state index in [1.165, 1.54) is 4.88 Å². The first-order valence-electron chi connectivity index (χ1n) is 6.56. The zero-order chi connectivity index (χ0) is 13.0. The molecule has 1 aromatic heterocycles. The van der Waals surface area contributed by atoms with E-state index in [-0.39, 0.29) is 0 Å². The summed E-state index contributed by atoms with van der Waals surface area (Å²) in [6, 6.07) is 7.15. The molecule has 1 heterocycles. The van der Waals surface area contributed by atoms with Crippen molar-refractivity contribution in [3.05, 3.63) is 22.4 Å². The average molecular weight is 263 g/mol. The molecule has 2 N–H and O–H groups in total. The van der Waals surface area contributed by atoms with Crippen LogP contribution in [0.5, 0.6) is 0 Å². The third-order valence-corrected chi connectivity index (χ3v) is 4.92. The molecule has 0 spiro atoms. The van der Waals surface area contributed by atoms with Crippen LogP contribution in [0.3, 0.4) is 0 Å². The van der Waals surface area contributed by atoms with Gasteiger partial charge < -0.3 is 10.6 Å². The van der Waals surface area contributed by atoms with E-state index in [0.29, 0.717) is 6.04 Å². The highest BCUT2D eigenvalue weighted by atomic mass is 32.1. The topological polar surface area (TPSA) is 53.0 Å². The van der Waals surface area contributed by atoms with Crippen LogP contribution in [-0.2, 0) is 6.42 Å². The van der Waals surface area contributed by atoms with Gasteiger partial charge in [0.1, 0.15) is 5.54 Å². The SMILES string of the molecule is CN(CCc1cccs1)C1CCC(N)(C#N)CC1. The largest absolute Gasteiger partial charge is 0.313 e. The second kappa shape index (κ2) is 5.83. The molecule has 1 aromatic rings. The van der Waals surface area contributed by atoms with E-state index in [9.17, 15) is 0 Å². The summed E-state index contributed by atoms with van der Waals surface area (Å²) in [5, 5.41) is 11.1. The van der Waals surface area contributed by atoms with Crippen molar-refractivity contribution in [3.8, 4) is 6.07 Å². The number of likely N-dealkylation sites (N-methyl/N-ethyl adjacent to an activating group) is 1. The maximum Gasteiger partial charge on any atom is 0.104 e. The van der Waals surface area contributed by atoms with Crippen molar-refractivity contribution in [1.82, 2.24) is 4.90 Å². The van der Waals surface area contributed by atoms with Crippen LogP contribution in [0.4, 0.5) is 0 Å². The summed E-state index contributed by atoms with van der Waals surface area (Å²) in [6.07, 6.45) is 4.88. The fourth-order valence-electron chi connectivity index (χ4n) is 2.59. The van der Waals surface area contributed by atoms with Gasteiger partial charge >= 0.3 is 0 Å². The summed E-state index contributed by atoms with van der Waals surface area (Å²) in [6.45, 7) is 1.09. The van der Waals surface area contributed by atoms with Gasteiger partial charge in [-0.05, 0) is 50.6 Å². The average Bonchev–Trinajstić information content (AvgIpc) is 2.90. The molecule has 98 valence electrons. The molecule has 4 heteroatoms. The number of thiophene rings is 1. The molecule has 0 aromatic carbocycles. The Labute approximate surface area is 113 Å². The van der Waals surface area contributed by atoms with Crippen molar-refractivity contribution < 1.29 is 0 Å². The Balaban J connectivity index is 1.77. The lowest BCUT2D eigenvalue weighted by molar-refractivity contribution is 0.170. The molecule has 0 radical (unpaired) electrons. The van der Waals surface area contributed by atoms with Crippen molar-refractivity contribution >= 4 is 11.3 Å². The van der Waals surface area contributed by atoms with Crippen LogP contribution in [-0.4, -0.2) is 30.1 Å². The van der Waals surface area contributed by atoms with Crippen LogP contribution in [0, 0.1) is 11.3 Å². The smallest absolute Gasteiger partial charge is 0.104 e. The highest BCUT2D eigenvalue weighted by Crippen LogP contribution is 2.28. The quantitative estimate of drug-likeness (QED) is 0.907. The van der Waals surface area contributed by atoms with Gasteiger partial charge in [0.05, 0.1) is 6.07 Å². The van der Waals surface area contributed by atoms with E-state index in [4.69, 9.17) is 11.0 Å². The Hall–Kier alpha value is -0.890. The summed E-state index contributed by atoms with van der Waals surface area (Å²) in [5.41, 5.74) is 5.43. The summed E-state index contributed by atoms with van der Waals surface area (Å²) in [5.74, 6) is 0. The minimum Gasteiger partial charge on any atom is -0.313 e. The van der Waals surface area contributed by atoms with Crippen LogP contribution in [0.2, 0.25) is 0 Å². The van der Waals surface area contributed by atoms with Gasteiger partial charge in [-0.1, -0.05) is 6.07 Å². The van der Waals surface area contributed by atoms with Crippen molar-refractivity contribution in [2.75, 3.05) is 13.6 Å². The molecule has 0 atom stereocenters. The van der Waals surface area contributed by atoms with Gasteiger partial charge in [-0.25, -0.2) is 0 Å². The van der Waals surface area contributed by atoms with Crippen LogP contribution in [0.25, 0.3) is 0 Å². The molecule has 0 unspecified atom stereocenters. The van der Waals surface area contributed by atoms with Crippen molar-refractivity contribution in [2.45, 2.75) is 43.7 Å². The number of nitriles is 1. The van der Waals surface area contributed by atoms with Gasteiger partial charge in [-0.3, -0.25) is 0 Å². The third-order valence-electron chi connectivity index (χ3n) is 3.98. The third kappa shape index (κ3) is 3.32. The Kier molecular flexibility index (Phi) is 4.39. The lowest BCUT2D eigenvalue weighted by Gasteiger charge is -2.36. The number of nitrogens with two attached hydrogens (primary N) is 1. The second-order valence-electron chi connectivity index (χ2n) is 5.31. The molecule has 1 saturated carbocycles. The van der Waals surface area contributed by atoms with Gasteiger partial charge in [0, 0.05) is 17.5 Å². The van der Waals surface area contributed by atoms with Crippen LogP contribution >= 0.6 is 11.3 Å². The number of hydrogen-bond acceptors (Lipinski definition) is 4. The maximum absolute atomic E-state index is 9.02. The molecule has 1 aliphatic carbocycles. The van der Waals surface area contributed by atoms with Gasteiger partial charge in [-0.15, -0.1) is 11.3 Å². The minimum atomic E-state index is -0.564. The summed E-state index contributed by atoms with van der Waals surface area (Å²) in [7, 11) is 2.19. The Morgan fingerprint density at radius 1 is 1.56 bits per heavy atom. The molecule has 0 amide bonds. The van der Waals surface area contributed by atoms with Gasteiger partial charge in [0.15, 0.2) is 0 Å². The predicted molar refractivity (Wildman–Crippen MR) is 75.4 cm³/mol. The number of hydrogen-bond donors (Lipinski definition) is 1. The summed E-state index contributed by atoms with van der Waals surface area (Å²) in [4.78, 5) is 3.87. The van der Waals surface area contributed by atoms with Crippen molar-refractivity contribution in [2.24, 2.45) is 5.73 Å². The lowest BCUT2D eigenvalue weighted by atomic mass is 9.81. The maximum atomic E-state index is 9.02. The summed E-state index contributed by atoms with van der Waals surface area (Å²) >= 11 is 1.83. The zero-order valence-corrected chi connectivity index (χ0v) is 11.7. The molecule has 0 bridgehead atoms. The highest BCUT2D eigenvalue weighted by Gasteiger charge is 2.32. The van der Waals surface area contributed by atoms with Crippen LogP contribution in [0.15, 0.2) is 17.5 Å². The van der Waals surface area contributed by atoms with E-state index in [1.54, 1.807) is 0 Å². The molecule has 2 rings (SSSR count). The van der Waals surface area contributed by atoms with Gasteiger partial charge in [-0.2, -0.15) is 5.26 Å². The van der Waals surface area contributed by atoms with E-state index < -0.39 is 5.54 Å². The number of nitrogens with zero attached hydrogens (tertiary/aromatic N) is 2. The molecule has 3 nitrogen and oxygen atoms in total. The molecule has 0 aliphatic heterocycles. The van der Waals surface area contributed by atoms with Crippen molar-refractivity contribution in [3.63, 3.8) is 0 Å². The predicted octanol–water partition coefficient (Wildman–Crippen LogP) is 2.39. The molecular formula is C14H21N3S.